The Hall–Kier alpha value is -0.690. The van der Waals surface area contributed by atoms with Gasteiger partial charge in [-0.05, 0) is 12.1 Å². The molecule has 0 atom stereocenters. The van der Waals surface area contributed by atoms with E-state index in [1.54, 1.807) is 24.3 Å². The number of hydrogen-bond donors (Lipinski definition) is 0. The monoisotopic (exact) mass is 414 g/mol. The number of carbonyl (C=O) groups excluding carboxylic acids is 1. The Balaban J connectivity index is 2.12. The highest BCUT2D eigenvalue weighted by molar-refractivity contribution is 9.10. The summed E-state index contributed by atoms with van der Waals surface area (Å²) in [6.45, 7) is -0.272. The third kappa shape index (κ3) is 3.74. The number of rotatable bonds is 4. The van der Waals surface area contributed by atoms with Gasteiger partial charge in [0.2, 0.25) is 0 Å². The Labute approximate surface area is 141 Å². The van der Waals surface area contributed by atoms with Gasteiger partial charge >= 0.3 is 11.9 Å². The standard InChI is InChI=1S/C13H7BrCl2F2O2S/c14-9-4-2-1-3-7(9)6-20-12(19)13(17,18)8-5-10(15)21-11(8)16/h1-5H,6H2. The molecule has 0 aliphatic heterocycles. The Morgan fingerprint density at radius 2 is 2.00 bits per heavy atom. The average molecular weight is 416 g/mol. The highest BCUT2D eigenvalue weighted by Crippen LogP contribution is 2.41. The van der Waals surface area contributed by atoms with Crippen LogP contribution in [0.3, 0.4) is 0 Å². The molecule has 112 valence electrons. The van der Waals surface area contributed by atoms with Crippen LogP contribution in [0.5, 0.6) is 0 Å². The summed E-state index contributed by atoms with van der Waals surface area (Å²) in [5.74, 6) is -5.52. The largest absolute Gasteiger partial charge is 0.456 e. The van der Waals surface area contributed by atoms with Gasteiger partial charge in [-0.3, -0.25) is 0 Å². The van der Waals surface area contributed by atoms with Gasteiger partial charge in [0.05, 0.1) is 9.90 Å². The van der Waals surface area contributed by atoms with Crippen molar-refractivity contribution in [1.29, 1.82) is 0 Å². The molecule has 0 bridgehead atoms. The summed E-state index contributed by atoms with van der Waals surface area (Å²) >= 11 is 15.3. The lowest BCUT2D eigenvalue weighted by Crippen LogP contribution is -2.28. The summed E-state index contributed by atoms with van der Waals surface area (Å²) in [4.78, 5) is 11.6. The topological polar surface area (TPSA) is 26.3 Å². The minimum absolute atomic E-state index is 0.0771. The van der Waals surface area contributed by atoms with Gasteiger partial charge < -0.3 is 4.74 Å². The maximum Gasteiger partial charge on any atom is 0.382 e. The van der Waals surface area contributed by atoms with Gasteiger partial charge in [-0.1, -0.05) is 57.3 Å². The van der Waals surface area contributed by atoms with Crippen molar-refractivity contribution >= 4 is 56.4 Å². The van der Waals surface area contributed by atoms with Crippen LogP contribution in [-0.4, -0.2) is 5.97 Å². The number of halogens is 5. The van der Waals surface area contributed by atoms with Crippen LogP contribution in [-0.2, 0) is 22.1 Å². The van der Waals surface area contributed by atoms with Gasteiger partial charge in [-0.15, -0.1) is 11.3 Å². The molecule has 1 aromatic heterocycles. The SMILES string of the molecule is O=C(OCc1ccccc1Br)C(F)(F)c1cc(Cl)sc1Cl. The molecule has 0 saturated heterocycles. The van der Waals surface area contributed by atoms with E-state index in [0.717, 1.165) is 17.4 Å². The molecule has 0 saturated carbocycles. The van der Waals surface area contributed by atoms with E-state index in [9.17, 15) is 13.6 Å². The number of hydrogen-bond acceptors (Lipinski definition) is 3. The molecule has 8 heteroatoms. The summed E-state index contributed by atoms with van der Waals surface area (Å²) in [5, 5.41) is 0. The minimum atomic E-state index is -3.85. The zero-order chi connectivity index (χ0) is 15.6. The zero-order valence-electron chi connectivity index (χ0n) is 10.2. The van der Waals surface area contributed by atoms with Crippen LogP contribution in [0.4, 0.5) is 8.78 Å². The fourth-order valence-corrected chi connectivity index (χ4v) is 3.44. The number of alkyl halides is 2. The molecule has 0 spiro atoms. The lowest BCUT2D eigenvalue weighted by molar-refractivity contribution is -0.175. The molecule has 0 N–H and O–H groups in total. The minimum Gasteiger partial charge on any atom is -0.456 e. The maximum atomic E-state index is 14.0. The van der Waals surface area contributed by atoms with Crippen LogP contribution in [0.1, 0.15) is 11.1 Å². The van der Waals surface area contributed by atoms with Crippen molar-refractivity contribution < 1.29 is 18.3 Å². The predicted octanol–water partition coefficient (Wildman–Crippen LogP) is 5.65. The van der Waals surface area contributed by atoms with E-state index in [1.165, 1.54) is 0 Å². The Kier molecular flexibility index (Phi) is 5.24. The van der Waals surface area contributed by atoms with E-state index >= 15 is 0 Å². The fourth-order valence-electron chi connectivity index (χ4n) is 1.51. The molecule has 1 heterocycles. The van der Waals surface area contributed by atoms with E-state index in [2.05, 4.69) is 20.7 Å². The quantitative estimate of drug-likeness (QED) is 0.603. The second kappa shape index (κ2) is 6.60. The first-order valence-corrected chi connectivity index (χ1v) is 7.92. The zero-order valence-corrected chi connectivity index (χ0v) is 14.1. The van der Waals surface area contributed by atoms with Crippen LogP contribution >= 0.6 is 50.5 Å². The van der Waals surface area contributed by atoms with Crippen LogP contribution in [0.15, 0.2) is 34.8 Å². The molecule has 0 fully saturated rings. The van der Waals surface area contributed by atoms with Crippen LogP contribution in [0, 0.1) is 0 Å². The predicted molar refractivity (Wildman–Crippen MR) is 82.2 cm³/mol. The van der Waals surface area contributed by atoms with Gasteiger partial charge in [0, 0.05) is 10.0 Å². The fraction of sp³-hybridized carbons (Fsp3) is 0.154. The third-order valence-electron chi connectivity index (χ3n) is 2.57. The highest BCUT2D eigenvalue weighted by atomic mass is 79.9. The summed E-state index contributed by atoms with van der Waals surface area (Å²) < 4.78 is 33.2. The lowest BCUT2D eigenvalue weighted by Gasteiger charge is -2.15. The van der Waals surface area contributed by atoms with Crippen LogP contribution < -0.4 is 0 Å². The van der Waals surface area contributed by atoms with Crippen molar-refractivity contribution in [3.05, 3.63) is 54.6 Å². The second-order valence-electron chi connectivity index (χ2n) is 3.98. The van der Waals surface area contributed by atoms with E-state index in [-0.39, 0.29) is 15.3 Å². The molecule has 0 amide bonds. The van der Waals surface area contributed by atoms with Crippen molar-refractivity contribution in [3.8, 4) is 0 Å². The van der Waals surface area contributed by atoms with Crippen molar-refractivity contribution in [3.63, 3.8) is 0 Å². The van der Waals surface area contributed by atoms with Gasteiger partial charge in [-0.25, -0.2) is 4.79 Å². The summed E-state index contributed by atoms with van der Waals surface area (Å²) in [6.07, 6.45) is 0. The molecule has 0 radical (unpaired) electrons. The van der Waals surface area contributed by atoms with Crippen molar-refractivity contribution in [2.75, 3.05) is 0 Å². The van der Waals surface area contributed by atoms with Crippen molar-refractivity contribution in [2.24, 2.45) is 0 Å². The summed E-state index contributed by atoms with van der Waals surface area (Å²) in [5.41, 5.74) is -0.0626. The number of benzene rings is 1. The molecule has 2 nitrogen and oxygen atoms in total. The second-order valence-corrected chi connectivity index (χ2v) is 7.12. The third-order valence-corrected chi connectivity index (χ3v) is 4.83. The van der Waals surface area contributed by atoms with Crippen molar-refractivity contribution in [2.45, 2.75) is 12.5 Å². The highest BCUT2D eigenvalue weighted by Gasteiger charge is 2.45. The molecular formula is C13H7BrCl2F2O2S. The molecule has 2 aromatic rings. The molecule has 0 aliphatic carbocycles. The Morgan fingerprint density at radius 1 is 1.33 bits per heavy atom. The lowest BCUT2D eigenvalue weighted by atomic mass is 10.2. The smallest absolute Gasteiger partial charge is 0.382 e. The first-order chi connectivity index (χ1) is 9.82. The Bertz CT molecular complexity index is 676. The molecule has 1 aromatic carbocycles. The molecule has 0 unspecified atom stereocenters. The number of esters is 1. The van der Waals surface area contributed by atoms with E-state index < -0.39 is 17.5 Å². The maximum absolute atomic E-state index is 14.0. The normalized spacial score (nSPS) is 11.5. The number of thiophene rings is 1. The van der Waals surface area contributed by atoms with Crippen molar-refractivity contribution in [1.82, 2.24) is 0 Å². The van der Waals surface area contributed by atoms with Crippen LogP contribution in [0.2, 0.25) is 8.67 Å². The molecule has 2 rings (SSSR count). The van der Waals surface area contributed by atoms with Crippen LogP contribution in [0.25, 0.3) is 0 Å². The average Bonchev–Trinajstić information content (AvgIpc) is 2.77. The summed E-state index contributed by atoms with van der Waals surface area (Å²) in [7, 11) is 0. The van der Waals surface area contributed by atoms with Gasteiger partial charge in [0.1, 0.15) is 10.9 Å². The van der Waals surface area contributed by atoms with Gasteiger partial charge in [0.25, 0.3) is 0 Å². The first-order valence-electron chi connectivity index (χ1n) is 5.56. The van der Waals surface area contributed by atoms with E-state index in [0.29, 0.717) is 10.0 Å². The Morgan fingerprint density at radius 3 is 2.57 bits per heavy atom. The van der Waals surface area contributed by atoms with Gasteiger partial charge in [-0.2, -0.15) is 8.78 Å². The first kappa shape index (κ1) is 16.7. The molecule has 21 heavy (non-hydrogen) atoms. The summed E-state index contributed by atoms with van der Waals surface area (Å²) in [6, 6.07) is 7.81. The number of ether oxygens (including phenoxy) is 1. The van der Waals surface area contributed by atoms with Gasteiger partial charge in [0.15, 0.2) is 0 Å². The molecular weight excluding hydrogens is 409 g/mol. The number of carbonyl (C=O) groups is 1. The van der Waals surface area contributed by atoms with E-state index in [1.807, 2.05) is 0 Å². The van der Waals surface area contributed by atoms with E-state index in [4.69, 9.17) is 23.2 Å². The molecule has 0 aliphatic rings.